The third-order valence-electron chi connectivity index (χ3n) is 3.56. The summed E-state index contributed by atoms with van der Waals surface area (Å²) in [6.45, 7) is 7.23. The SMILES string of the molecule is Cc1nscc1C(=O)N1CCOC(c2nnc(C(C)C)o2)C1. The summed E-state index contributed by atoms with van der Waals surface area (Å²) in [5, 5.41) is 9.85. The highest BCUT2D eigenvalue weighted by Crippen LogP contribution is 2.24. The van der Waals surface area contributed by atoms with E-state index in [-0.39, 0.29) is 17.9 Å². The first-order valence-corrected chi connectivity index (χ1v) is 8.05. The number of nitrogens with zero attached hydrogens (tertiary/aromatic N) is 4. The monoisotopic (exact) mass is 322 g/mol. The molecule has 1 saturated heterocycles. The van der Waals surface area contributed by atoms with E-state index in [0.717, 1.165) is 5.69 Å². The number of aromatic nitrogens is 3. The number of amides is 1. The summed E-state index contributed by atoms with van der Waals surface area (Å²) < 4.78 is 15.5. The van der Waals surface area contributed by atoms with E-state index < -0.39 is 0 Å². The number of aryl methyl sites for hydroxylation is 1. The number of ether oxygens (including phenoxy) is 1. The van der Waals surface area contributed by atoms with Crippen molar-refractivity contribution in [1.29, 1.82) is 0 Å². The Kier molecular flexibility index (Phi) is 4.21. The Bertz CT molecular complexity index is 667. The zero-order valence-electron chi connectivity index (χ0n) is 12.8. The van der Waals surface area contributed by atoms with Gasteiger partial charge in [-0.15, -0.1) is 10.2 Å². The van der Waals surface area contributed by atoms with E-state index in [0.29, 0.717) is 37.0 Å². The smallest absolute Gasteiger partial charge is 0.256 e. The van der Waals surface area contributed by atoms with Gasteiger partial charge in [-0.25, -0.2) is 0 Å². The Morgan fingerprint density at radius 2 is 2.27 bits per heavy atom. The summed E-state index contributed by atoms with van der Waals surface area (Å²) in [6, 6.07) is 0. The van der Waals surface area contributed by atoms with Gasteiger partial charge in [-0.1, -0.05) is 13.8 Å². The van der Waals surface area contributed by atoms with Crippen LogP contribution in [0.15, 0.2) is 9.80 Å². The predicted octanol–water partition coefficient (Wildman–Crippen LogP) is 2.17. The minimum Gasteiger partial charge on any atom is -0.422 e. The highest BCUT2D eigenvalue weighted by Gasteiger charge is 2.30. The van der Waals surface area contributed by atoms with Crippen LogP contribution in [0.4, 0.5) is 0 Å². The fourth-order valence-corrected chi connectivity index (χ4v) is 2.95. The van der Waals surface area contributed by atoms with Crippen LogP contribution in [0, 0.1) is 6.92 Å². The van der Waals surface area contributed by atoms with Gasteiger partial charge in [0, 0.05) is 17.8 Å². The lowest BCUT2D eigenvalue weighted by Crippen LogP contribution is -2.42. The maximum Gasteiger partial charge on any atom is 0.256 e. The van der Waals surface area contributed by atoms with Crippen LogP contribution in [0.1, 0.15) is 53.7 Å². The van der Waals surface area contributed by atoms with Crippen molar-refractivity contribution in [3.63, 3.8) is 0 Å². The molecule has 118 valence electrons. The molecule has 1 amide bonds. The second-order valence-electron chi connectivity index (χ2n) is 5.56. The average molecular weight is 322 g/mol. The maximum absolute atomic E-state index is 12.5. The van der Waals surface area contributed by atoms with Crippen LogP contribution in [0.2, 0.25) is 0 Å². The molecule has 0 bridgehead atoms. The number of hydrogen-bond acceptors (Lipinski definition) is 7. The third kappa shape index (κ3) is 2.89. The number of rotatable bonds is 3. The van der Waals surface area contributed by atoms with Crippen molar-refractivity contribution in [2.75, 3.05) is 19.7 Å². The van der Waals surface area contributed by atoms with Gasteiger partial charge >= 0.3 is 0 Å². The van der Waals surface area contributed by atoms with E-state index in [1.54, 1.807) is 10.3 Å². The molecule has 2 aromatic heterocycles. The van der Waals surface area contributed by atoms with E-state index in [2.05, 4.69) is 14.6 Å². The zero-order chi connectivity index (χ0) is 15.7. The van der Waals surface area contributed by atoms with Gasteiger partial charge in [0.2, 0.25) is 11.8 Å². The first-order valence-electron chi connectivity index (χ1n) is 7.21. The molecule has 2 aromatic rings. The number of hydrogen-bond donors (Lipinski definition) is 0. The summed E-state index contributed by atoms with van der Waals surface area (Å²) in [7, 11) is 0. The summed E-state index contributed by atoms with van der Waals surface area (Å²) in [5.41, 5.74) is 1.41. The summed E-state index contributed by atoms with van der Waals surface area (Å²) in [5.74, 6) is 1.16. The molecule has 3 rings (SSSR count). The van der Waals surface area contributed by atoms with E-state index in [1.807, 2.05) is 20.8 Å². The van der Waals surface area contributed by atoms with E-state index >= 15 is 0 Å². The van der Waals surface area contributed by atoms with Crippen LogP contribution in [-0.2, 0) is 4.74 Å². The topological polar surface area (TPSA) is 81.4 Å². The van der Waals surface area contributed by atoms with Gasteiger partial charge in [0.1, 0.15) is 0 Å². The third-order valence-corrected chi connectivity index (χ3v) is 4.28. The molecular formula is C14H18N4O3S. The predicted molar refractivity (Wildman–Crippen MR) is 79.8 cm³/mol. The Labute approximate surface area is 132 Å². The molecule has 0 radical (unpaired) electrons. The van der Waals surface area contributed by atoms with Crippen molar-refractivity contribution in [1.82, 2.24) is 19.5 Å². The summed E-state index contributed by atoms with van der Waals surface area (Å²) in [6.07, 6.45) is -0.371. The van der Waals surface area contributed by atoms with Gasteiger partial charge in [0.05, 0.1) is 24.4 Å². The molecule has 8 heteroatoms. The van der Waals surface area contributed by atoms with Crippen LogP contribution >= 0.6 is 11.5 Å². The Morgan fingerprint density at radius 1 is 1.45 bits per heavy atom. The van der Waals surface area contributed by atoms with Crippen LogP contribution in [0.25, 0.3) is 0 Å². The van der Waals surface area contributed by atoms with Crippen LogP contribution in [0.5, 0.6) is 0 Å². The van der Waals surface area contributed by atoms with E-state index in [1.165, 1.54) is 11.5 Å². The van der Waals surface area contributed by atoms with Crippen molar-refractivity contribution in [2.45, 2.75) is 32.8 Å². The lowest BCUT2D eigenvalue weighted by Gasteiger charge is -2.31. The minimum absolute atomic E-state index is 0.0249. The van der Waals surface area contributed by atoms with Gasteiger partial charge in [0.25, 0.3) is 5.91 Å². The highest BCUT2D eigenvalue weighted by atomic mass is 32.1. The fourth-order valence-electron chi connectivity index (χ4n) is 2.26. The molecule has 0 aromatic carbocycles. The fraction of sp³-hybridized carbons (Fsp3) is 0.571. The average Bonchev–Trinajstić information content (AvgIpc) is 3.15. The number of carbonyl (C=O) groups excluding carboxylic acids is 1. The Balaban J connectivity index is 1.73. The molecule has 0 saturated carbocycles. The highest BCUT2D eigenvalue weighted by molar-refractivity contribution is 7.03. The lowest BCUT2D eigenvalue weighted by molar-refractivity contribution is -0.0351. The zero-order valence-corrected chi connectivity index (χ0v) is 13.6. The van der Waals surface area contributed by atoms with Crippen LogP contribution in [-0.4, -0.2) is 45.1 Å². The van der Waals surface area contributed by atoms with E-state index in [4.69, 9.17) is 9.15 Å². The van der Waals surface area contributed by atoms with Crippen molar-refractivity contribution in [2.24, 2.45) is 0 Å². The van der Waals surface area contributed by atoms with Gasteiger partial charge in [-0.05, 0) is 18.5 Å². The second kappa shape index (κ2) is 6.13. The normalized spacial score (nSPS) is 18.9. The standard InChI is InChI=1S/C14H18N4O3S/c1-8(2)12-15-16-13(21-12)11-6-18(4-5-20-11)14(19)10-7-22-17-9(10)3/h7-8,11H,4-6H2,1-3H3. The molecule has 1 aliphatic rings. The number of carbonyl (C=O) groups is 1. The molecule has 0 spiro atoms. The van der Waals surface area contributed by atoms with Crippen LogP contribution in [0.3, 0.4) is 0 Å². The maximum atomic E-state index is 12.5. The van der Waals surface area contributed by atoms with Gasteiger partial charge in [0.15, 0.2) is 6.10 Å². The van der Waals surface area contributed by atoms with Crippen LogP contribution < -0.4 is 0 Å². The molecular weight excluding hydrogens is 304 g/mol. The van der Waals surface area contributed by atoms with E-state index in [9.17, 15) is 4.79 Å². The largest absolute Gasteiger partial charge is 0.422 e. The van der Waals surface area contributed by atoms with Gasteiger partial charge in [-0.3, -0.25) is 4.79 Å². The Morgan fingerprint density at radius 3 is 2.91 bits per heavy atom. The first-order chi connectivity index (χ1) is 10.6. The van der Waals surface area contributed by atoms with Crippen molar-refractivity contribution < 1.29 is 13.9 Å². The van der Waals surface area contributed by atoms with Crippen molar-refractivity contribution in [3.05, 3.63) is 28.4 Å². The van der Waals surface area contributed by atoms with Crippen molar-refractivity contribution >= 4 is 17.4 Å². The summed E-state index contributed by atoms with van der Waals surface area (Å²) in [4.78, 5) is 14.3. The second-order valence-corrected chi connectivity index (χ2v) is 6.19. The molecule has 1 unspecified atom stereocenters. The molecule has 1 aliphatic heterocycles. The lowest BCUT2D eigenvalue weighted by atomic mass is 10.2. The molecule has 1 atom stereocenters. The molecule has 3 heterocycles. The Hall–Kier alpha value is -1.80. The van der Waals surface area contributed by atoms with Gasteiger partial charge in [-0.2, -0.15) is 4.37 Å². The molecule has 1 fully saturated rings. The number of morpholine rings is 1. The molecule has 7 nitrogen and oxygen atoms in total. The van der Waals surface area contributed by atoms with Crippen molar-refractivity contribution in [3.8, 4) is 0 Å². The van der Waals surface area contributed by atoms with Gasteiger partial charge < -0.3 is 14.1 Å². The minimum atomic E-state index is -0.371. The molecule has 0 N–H and O–H groups in total. The first kappa shape index (κ1) is 15.1. The quantitative estimate of drug-likeness (QED) is 0.861. The summed E-state index contributed by atoms with van der Waals surface area (Å²) >= 11 is 1.29. The molecule has 22 heavy (non-hydrogen) atoms. The molecule has 0 aliphatic carbocycles.